The van der Waals surface area contributed by atoms with Crippen molar-refractivity contribution in [1.82, 2.24) is 4.90 Å². The van der Waals surface area contributed by atoms with Gasteiger partial charge < -0.3 is 0 Å². The lowest BCUT2D eigenvalue weighted by Gasteiger charge is -2.56. The Kier molecular flexibility index (Phi) is 4.51. The van der Waals surface area contributed by atoms with Gasteiger partial charge in [0.05, 0.1) is 12.0 Å². The lowest BCUT2D eigenvalue weighted by Crippen LogP contribution is -2.55. The predicted molar refractivity (Wildman–Crippen MR) is 107 cm³/mol. The maximum atomic E-state index is 14.1. The Bertz CT molecular complexity index is 756. The highest BCUT2D eigenvalue weighted by atomic mass is 35.5. The van der Waals surface area contributed by atoms with Gasteiger partial charge in [0.1, 0.15) is 5.82 Å². The van der Waals surface area contributed by atoms with Gasteiger partial charge in [-0.05, 0) is 68.4 Å². The quantitative estimate of drug-likeness (QED) is 0.697. The zero-order valence-corrected chi connectivity index (χ0v) is 16.9. The molecule has 144 valence electrons. The van der Waals surface area contributed by atoms with Gasteiger partial charge in [-0.3, -0.25) is 14.7 Å². The number of halogens is 2. The average Bonchev–Trinajstić information content (AvgIpc) is 3.08. The van der Waals surface area contributed by atoms with Gasteiger partial charge in [-0.15, -0.1) is 0 Å². The number of benzene rings is 1. The summed E-state index contributed by atoms with van der Waals surface area (Å²) in [6.45, 7) is 1.30. The van der Waals surface area contributed by atoms with Crippen molar-refractivity contribution < 1.29 is 9.18 Å². The summed E-state index contributed by atoms with van der Waals surface area (Å²) in [6.07, 6.45) is 7.16. The van der Waals surface area contributed by atoms with Crippen LogP contribution in [0.4, 0.5) is 4.39 Å². The van der Waals surface area contributed by atoms with E-state index >= 15 is 0 Å². The Morgan fingerprint density at radius 1 is 1.22 bits per heavy atom. The van der Waals surface area contributed by atoms with Gasteiger partial charge in [0.2, 0.25) is 5.91 Å². The Balaban J connectivity index is 1.32. The molecule has 6 rings (SSSR count). The molecule has 3 nitrogen and oxygen atoms in total. The standard InChI is InChI=1S/C21H24ClFN2OS/c22-17-2-1-3-18(23)16(17)12-27-20-24-4-5-25(20)19(26)21-9-13-6-14(10-21)8-15(7-13)11-21/h1-3,13-15H,4-12H2. The minimum absolute atomic E-state index is 0.157. The second kappa shape index (κ2) is 6.77. The normalized spacial score (nSPS) is 34.2. The second-order valence-corrected chi connectivity index (χ2v) is 10.2. The summed E-state index contributed by atoms with van der Waals surface area (Å²) in [5.74, 6) is 2.61. The molecule has 4 fully saturated rings. The fourth-order valence-electron chi connectivity index (χ4n) is 6.20. The molecule has 4 saturated carbocycles. The number of hydrogen-bond donors (Lipinski definition) is 0. The van der Waals surface area contributed by atoms with E-state index in [1.807, 2.05) is 4.90 Å². The highest BCUT2D eigenvalue weighted by molar-refractivity contribution is 8.13. The van der Waals surface area contributed by atoms with Crippen LogP contribution in [0.5, 0.6) is 0 Å². The van der Waals surface area contributed by atoms with Crippen molar-refractivity contribution in [3.05, 3.63) is 34.6 Å². The first-order chi connectivity index (χ1) is 13.0. The summed E-state index contributed by atoms with van der Waals surface area (Å²) in [5.41, 5.74) is 0.330. The largest absolute Gasteiger partial charge is 0.289 e. The van der Waals surface area contributed by atoms with Crippen LogP contribution >= 0.6 is 23.4 Å². The lowest BCUT2D eigenvalue weighted by atomic mass is 9.49. The molecule has 6 heteroatoms. The van der Waals surface area contributed by atoms with Crippen molar-refractivity contribution in [3.63, 3.8) is 0 Å². The predicted octanol–water partition coefficient (Wildman–Crippen LogP) is 5.13. The Hall–Kier alpha value is -1.07. The third kappa shape index (κ3) is 3.11. The van der Waals surface area contributed by atoms with E-state index in [1.165, 1.54) is 37.1 Å². The molecule has 4 bridgehead atoms. The summed E-state index contributed by atoms with van der Waals surface area (Å²) in [4.78, 5) is 20.0. The van der Waals surface area contributed by atoms with E-state index in [9.17, 15) is 9.18 Å². The number of hydrogen-bond acceptors (Lipinski definition) is 3. The smallest absolute Gasteiger partial charge is 0.234 e. The Morgan fingerprint density at radius 3 is 2.52 bits per heavy atom. The van der Waals surface area contributed by atoms with Crippen LogP contribution in [-0.2, 0) is 10.5 Å². The summed E-state index contributed by atoms with van der Waals surface area (Å²) in [7, 11) is 0. The zero-order valence-electron chi connectivity index (χ0n) is 15.3. The van der Waals surface area contributed by atoms with Gasteiger partial charge in [0.15, 0.2) is 5.17 Å². The summed E-state index contributed by atoms with van der Waals surface area (Å²) in [5, 5.41) is 1.18. The van der Waals surface area contributed by atoms with Crippen LogP contribution in [0, 0.1) is 29.0 Å². The molecule has 5 aliphatic rings. The fraction of sp³-hybridized carbons (Fsp3) is 0.619. The Labute approximate surface area is 168 Å². The van der Waals surface area contributed by atoms with E-state index < -0.39 is 0 Å². The summed E-state index contributed by atoms with van der Waals surface area (Å²) in [6, 6.07) is 4.74. The van der Waals surface area contributed by atoms with Crippen molar-refractivity contribution in [3.8, 4) is 0 Å². The van der Waals surface area contributed by atoms with Crippen LogP contribution < -0.4 is 0 Å². The molecule has 0 aromatic heterocycles. The molecule has 0 N–H and O–H groups in total. The molecular formula is C21H24ClFN2OS. The highest BCUT2D eigenvalue weighted by Gasteiger charge is 2.56. The van der Waals surface area contributed by atoms with Gasteiger partial charge in [0.25, 0.3) is 0 Å². The van der Waals surface area contributed by atoms with Crippen molar-refractivity contribution in [2.75, 3.05) is 13.1 Å². The van der Waals surface area contributed by atoms with Gasteiger partial charge in [-0.2, -0.15) is 0 Å². The first-order valence-electron chi connectivity index (χ1n) is 9.96. The van der Waals surface area contributed by atoms with Gasteiger partial charge in [-0.25, -0.2) is 4.39 Å². The maximum absolute atomic E-state index is 14.1. The molecule has 4 aliphatic carbocycles. The second-order valence-electron chi connectivity index (χ2n) is 8.81. The van der Waals surface area contributed by atoms with Crippen molar-refractivity contribution >= 4 is 34.4 Å². The van der Waals surface area contributed by atoms with Crippen molar-refractivity contribution in [1.29, 1.82) is 0 Å². The van der Waals surface area contributed by atoms with E-state index in [1.54, 1.807) is 12.1 Å². The topological polar surface area (TPSA) is 32.7 Å². The van der Waals surface area contributed by atoms with E-state index in [0.717, 1.165) is 42.2 Å². The monoisotopic (exact) mass is 406 g/mol. The Morgan fingerprint density at radius 2 is 1.89 bits per heavy atom. The lowest BCUT2D eigenvalue weighted by molar-refractivity contribution is -0.152. The first kappa shape index (κ1) is 18.0. The number of rotatable bonds is 3. The molecule has 0 saturated heterocycles. The summed E-state index contributed by atoms with van der Waals surface area (Å²) < 4.78 is 14.1. The number of amides is 1. The zero-order chi connectivity index (χ0) is 18.6. The van der Waals surface area contributed by atoms with Crippen LogP contribution in [0.15, 0.2) is 23.2 Å². The van der Waals surface area contributed by atoms with E-state index in [-0.39, 0.29) is 17.1 Å². The molecule has 27 heavy (non-hydrogen) atoms. The van der Waals surface area contributed by atoms with Crippen molar-refractivity contribution in [2.24, 2.45) is 28.2 Å². The first-order valence-corrected chi connectivity index (χ1v) is 11.3. The van der Waals surface area contributed by atoms with Crippen LogP contribution in [0.2, 0.25) is 5.02 Å². The number of thioether (sulfide) groups is 1. The SMILES string of the molecule is O=C(N1CCN=C1SCc1c(F)cccc1Cl)C12CC3CC(CC(C3)C1)C2. The number of amidine groups is 1. The van der Waals surface area contributed by atoms with Gasteiger partial charge >= 0.3 is 0 Å². The van der Waals surface area contributed by atoms with Crippen LogP contribution in [-0.4, -0.2) is 29.1 Å². The molecule has 0 spiro atoms. The molecule has 1 heterocycles. The molecule has 0 atom stereocenters. The average molecular weight is 407 g/mol. The molecule has 1 aliphatic heterocycles. The minimum atomic E-state index is -0.299. The summed E-state index contributed by atoms with van der Waals surface area (Å²) >= 11 is 7.59. The van der Waals surface area contributed by atoms with E-state index in [2.05, 4.69) is 4.99 Å². The molecule has 0 unspecified atom stereocenters. The van der Waals surface area contributed by atoms with Gasteiger partial charge in [0, 0.05) is 22.9 Å². The highest BCUT2D eigenvalue weighted by Crippen LogP contribution is 2.60. The number of aliphatic imine (C=N–C) groups is 1. The number of nitrogens with zero attached hydrogens (tertiary/aromatic N) is 2. The molecule has 0 radical (unpaired) electrons. The number of carbonyl (C=O) groups is 1. The number of carbonyl (C=O) groups excluding carboxylic acids is 1. The van der Waals surface area contributed by atoms with Gasteiger partial charge in [-0.1, -0.05) is 29.4 Å². The van der Waals surface area contributed by atoms with E-state index in [0.29, 0.717) is 29.4 Å². The van der Waals surface area contributed by atoms with E-state index in [4.69, 9.17) is 11.6 Å². The third-order valence-corrected chi connectivity index (χ3v) is 8.34. The molecular weight excluding hydrogens is 383 g/mol. The van der Waals surface area contributed by atoms with Crippen LogP contribution in [0.3, 0.4) is 0 Å². The molecule has 1 aromatic rings. The van der Waals surface area contributed by atoms with Crippen molar-refractivity contribution in [2.45, 2.75) is 44.3 Å². The minimum Gasteiger partial charge on any atom is -0.289 e. The fourth-order valence-corrected chi connectivity index (χ4v) is 7.59. The molecule has 1 aromatic carbocycles. The maximum Gasteiger partial charge on any atom is 0.234 e. The third-order valence-electron chi connectivity index (χ3n) is 6.95. The van der Waals surface area contributed by atoms with Crippen LogP contribution in [0.1, 0.15) is 44.1 Å². The molecule has 1 amide bonds. The van der Waals surface area contributed by atoms with Crippen LogP contribution in [0.25, 0.3) is 0 Å².